The summed E-state index contributed by atoms with van der Waals surface area (Å²) in [4.78, 5) is 26.8. The standard InChI is InChI=1S/C24H43NO3Si2/c1-9-25(10-2)24(27)28-23-21(29(11-3,12-4)13-5)17-20(19-26)18-22(23)30(14-6,15-7)16-8/h17-19H,9-16H2,1-8H3. The number of rotatable bonds is 12. The summed E-state index contributed by atoms with van der Waals surface area (Å²) in [5, 5.41) is 2.37. The fourth-order valence-corrected chi connectivity index (χ4v) is 12.6. The van der Waals surface area contributed by atoms with Gasteiger partial charge >= 0.3 is 6.09 Å². The normalized spacial score (nSPS) is 12.0. The molecule has 170 valence electrons. The molecule has 0 N–H and O–H groups in total. The van der Waals surface area contributed by atoms with Crippen molar-refractivity contribution in [2.24, 2.45) is 0 Å². The topological polar surface area (TPSA) is 46.6 Å². The van der Waals surface area contributed by atoms with Gasteiger partial charge in [0.1, 0.15) is 12.0 Å². The van der Waals surface area contributed by atoms with Crippen LogP contribution in [0.15, 0.2) is 12.1 Å². The third kappa shape index (κ3) is 5.07. The van der Waals surface area contributed by atoms with E-state index in [0.29, 0.717) is 13.1 Å². The van der Waals surface area contributed by atoms with Gasteiger partial charge in [-0.25, -0.2) is 4.79 Å². The van der Waals surface area contributed by atoms with Crippen LogP contribution in [-0.4, -0.2) is 46.5 Å². The molecule has 1 amide bonds. The van der Waals surface area contributed by atoms with Gasteiger partial charge in [0.25, 0.3) is 0 Å². The Hall–Kier alpha value is -1.41. The first kappa shape index (κ1) is 26.6. The van der Waals surface area contributed by atoms with Crippen molar-refractivity contribution in [3.63, 3.8) is 0 Å². The van der Waals surface area contributed by atoms with E-state index < -0.39 is 16.1 Å². The number of hydrogen-bond acceptors (Lipinski definition) is 3. The zero-order chi connectivity index (χ0) is 22.9. The summed E-state index contributed by atoms with van der Waals surface area (Å²) in [6, 6.07) is 10.6. The SMILES string of the molecule is CCN(CC)C(=O)Oc1c([Si](CC)(CC)CC)cc(C=O)cc1[Si](CC)(CC)CC. The smallest absolute Gasteiger partial charge is 0.410 e. The van der Waals surface area contributed by atoms with Crippen LogP contribution >= 0.6 is 0 Å². The van der Waals surface area contributed by atoms with Crippen molar-refractivity contribution in [3.8, 4) is 5.75 Å². The lowest BCUT2D eigenvalue weighted by molar-refractivity contribution is 0.112. The van der Waals surface area contributed by atoms with Gasteiger partial charge in [-0.1, -0.05) is 77.8 Å². The van der Waals surface area contributed by atoms with Gasteiger partial charge < -0.3 is 9.64 Å². The van der Waals surface area contributed by atoms with Crippen LogP contribution < -0.4 is 15.1 Å². The van der Waals surface area contributed by atoms with Gasteiger partial charge in [-0.2, -0.15) is 0 Å². The Morgan fingerprint density at radius 1 is 0.800 bits per heavy atom. The number of carbonyl (C=O) groups is 2. The van der Waals surface area contributed by atoms with Gasteiger partial charge in [-0.05, 0) is 36.4 Å². The van der Waals surface area contributed by atoms with E-state index in [4.69, 9.17) is 4.74 Å². The third-order valence-corrected chi connectivity index (χ3v) is 18.8. The van der Waals surface area contributed by atoms with Crippen molar-refractivity contribution in [2.75, 3.05) is 13.1 Å². The second-order valence-corrected chi connectivity index (χ2v) is 18.7. The summed E-state index contributed by atoms with van der Waals surface area (Å²) in [6.45, 7) is 18.8. The summed E-state index contributed by atoms with van der Waals surface area (Å²) < 4.78 is 6.28. The van der Waals surface area contributed by atoms with E-state index in [2.05, 4.69) is 41.5 Å². The minimum absolute atomic E-state index is 0.265. The predicted molar refractivity (Wildman–Crippen MR) is 134 cm³/mol. The van der Waals surface area contributed by atoms with Crippen molar-refractivity contribution in [1.29, 1.82) is 0 Å². The van der Waals surface area contributed by atoms with E-state index in [9.17, 15) is 9.59 Å². The monoisotopic (exact) mass is 449 g/mol. The predicted octanol–water partition coefficient (Wildman–Crippen LogP) is 5.77. The molecule has 0 spiro atoms. The van der Waals surface area contributed by atoms with E-state index >= 15 is 0 Å². The van der Waals surface area contributed by atoms with Crippen molar-refractivity contribution in [2.45, 2.75) is 91.7 Å². The first-order valence-electron chi connectivity index (χ1n) is 11.9. The molecule has 4 nitrogen and oxygen atoms in total. The average Bonchev–Trinajstić information content (AvgIpc) is 2.79. The number of ether oxygens (including phenoxy) is 1. The zero-order valence-electron chi connectivity index (χ0n) is 20.6. The number of benzene rings is 1. The fourth-order valence-electron chi connectivity index (χ4n) is 4.89. The Balaban J connectivity index is 3.97. The number of hydrogen-bond donors (Lipinski definition) is 0. The van der Waals surface area contributed by atoms with Crippen LogP contribution in [0.5, 0.6) is 5.75 Å². The van der Waals surface area contributed by atoms with Gasteiger partial charge in [-0.3, -0.25) is 4.79 Å². The lowest BCUT2D eigenvalue weighted by Gasteiger charge is -2.36. The molecule has 0 saturated heterocycles. The van der Waals surface area contributed by atoms with Crippen LogP contribution in [0.2, 0.25) is 36.3 Å². The van der Waals surface area contributed by atoms with Crippen LogP contribution in [0.1, 0.15) is 65.7 Å². The summed E-state index contributed by atoms with van der Waals surface area (Å²) in [7, 11) is -3.78. The zero-order valence-corrected chi connectivity index (χ0v) is 22.6. The number of carbonyl (C=O) groups excluding carboxylic acids is 2. The van der Waals surface area contributed by atoms with Gasteiger partial charge in [0.15, 0.2) is 0 Å². The van der Waals surface area contributed by atoms with E-state index in [1.807, 2.05) is 26.0 Å². The molecule has 0 heterocycles. The molecule has 0 aliphatic heterocycles. The van der Waals surface area contributed by atoms with Crippen molar-refractivity contribution in [1.82, 2.24) is 4.90 Å². The summed E-state index contributed by atoms with van der Waals surface area (Å²) in [5.41, 5.74) is 0.738. The van der Waals surface area contributed by atoms with Crippen molar-refractivity contribution >= 4 is 38.9 Å². The second kappa shape index (κ2) is 11.8. The summed E-state index contributed by atoms with van der Waals surface area (Å²) in [5.74, 6) is 0.812. The Bertz CT molecular complexity index is 651. The molecule has 0 aliphatic rings. The van der Waals surface area contributed by atoms with E-state index in [1.54, 1.807) is 4.90 Å². The van der Waals surface area contributed by atoms with Gasteiger partial charge in [0.05, 0.1) is 16.1 Å². The molecule has 6 heteroatoms. The largest absolute Gasteiger partial charge is 0.415 e. The Kier molecular flexibility index (Phi) is 10.5. The number of aldehydes is 1. The van der Waals surface area contributed by atoms with Crippen LogP contribution in [0, 0.1) is 0 Å². The average molecular weight is 450 g/mol. The molecule has 1 rings (SSSR count). The van der Waals surface area contributed by atoms with Crippen LogP contribution in [0.3, 0.4) is 0 Å². The first-order valence-corrected chi connectivity index (χ1v) is 17.2. The van der Waals surface area contributed by atoms with Crippen LogP contribution in [-0.2, 0) is 0 Å². The Labute approximate surface area is 186 Å². The molecule has 0 atom stereocenters. The lowest BCUT2D eigenvalue weighted by atomic mass is 10.2. The minimum Gasteiger partial charge on any atom is -0.410 e. The van der Waals surface area contributed by atoms with Crippen LogP contribution in [0.4, 0.5) is 4.79 Å². The number of nitrogens with zero attached hydrogens (tertiary/aromatic N) is 1. The quantitative estimate of drug-likeness (QED) is 0.300. The van der Waals surface area contributed by atoms with Crippen molar-refractivity contribution < 1.29 is 14.3 Å². The molecule has 0 saturated carbocycles. The molecule has 0 radical (unpaired) electrons. The Morgan fingerprint density at radius 3 is 1.43 bits per heavy atom. The molecule has 0 bridgehead atoms. The first-order chi connectivity index (χ1) is 14.3. The lowest BCUT2D eigenvalue weighted by Crippen LogP contribution is -2.54. The highest BCUT2D eigenvalue weighted by Gasteiger charge is 2.40. The molecule has 1 aromatic rings. The summed E-state index contributed by atoms with van der Waals surface area (Å²) >= 11 is 0. The molecular weight excluding hydrogens is 406 g/mol. The Morgan fingerprint density at radius 2 is 1.17 bits per heavy atom. The van der Waals surface area contributed by atoms with Gasteiger partial charge in [0.2, 0.25) is 0 Å². The second-order valence-electron chi connectivity index (χ2n) is 8.29. The van der Waals surface area contributed by atoms with E-state index in [-0.39, 0.29) is 6.09 Å². The third-order valence-electron chi connectivity index (χ3n) is 7.66. The highest BCUT2D eigenvalue weighted by Crippen LogP contribution is 2.30. The molecule has 0 aliphatic carbocycles. The van der Waals surface area contributed by atoms with Crippen molar-refractivity contribution in [3.05, 3.63) is 17.7 Å². The van der Waals surface area contributed by atoms with Gasteiger partial charge in [0, 0.05) is 18.7 Å². The molecule has 30 heavy (non-hydrogen) atoms. The highest BCUT2D eigenvalue weighted by molar-refractivity contribution is 6.95. The molecule has 0 unspecified atom stereocenters. The maximum absolute atomic E-state index is 13.1. The van der Waals surface area contributed by atoms with E-state index in [1.165, 1.54) is 10.4 Å². The molecular formula is C24H43NO3Si2. The maximum atomic E-state index is 13.1. The number of amides is 1. The van der Waals surface area contributed by atoms with Gasteiger partial charge in [-0.15, -0.1) is 0 Å². The molecule has 0 fully saturated rings. The molecule has 0 aromatic heterocycles. The summed E-state index contributed by atoms with van der Waals surface area (Å²) in [6.07, 6.45) is 0.710. The highest BCUT2D eigenvalue weighted by atomic mass is 28.3. The van der Waals surface area contributed by atoms with Crippen LogP contribution in [0.25, 0.3) is 0 Å². The fraction of sp³-hybridized carbons (Fsp3) is 0.667. The minimum atomic E-state index is -1.89. The molecule has 1 aromatic carbocycles. The van der Waals surface area contributed by atoms with E-state index in [0.717, 1.165) is 53.9 Å². The maximum Gasteiger partial charge on any atom is 0.415 e.